The minimum absolute atomic E-state index is 0.263. The maximum absolute atomic E-state index is 12.0. The van der Waals surface area contributed by atoms with Gasteiger partial charge in [-0.1, -0.05) is 30.3 Å². The van der Waals surface area contributed by atoms with Crippen molar-refractivity contribution >= 4 is 17.1 Å². The van der Waals surface area contributed by atoms with Crippen LogP contribution in [0.3, 0.4) is 0 Å². The average Bonchev–Trinajstić information content (AvgIpc) is 3.24. The second-order valence-electron chi connectivity index (χ2n) is 6.68. The van der Waals surface area contributed by atoms with E-state index in [1.165, 1.54) is 33.0 Å². The van der Waals surface area contributed by atoms with Crippen LogP contribution in [0.1, 0.15) is 17.5 Å². The first kappa shape index (κ1) is 13.1. The Morgan fingerprint density at radius 1 is 1.17 bits per heavy atom. The van der Waals surface area contributed by atoms with Gasteiger partial charge in [0, 0.05) is 12.7 Å². The molecular formula is C20H17NO2. The van der Waals surface area contributed by atoms with Crippen molar-refractivity contribution in [1.29, 1.82) is 0 Å². The van der Waals surface area contributed by atoms with Crippen molar-refractivity contribution in [2.24, 2.45) is 17.6 Å². The predicted molar refractivity (Wildman–Crippen MR) is 88.6 cm³/mol. The quantitative estimate of drug-likeness (QED) is 0.929. The molecule has 0 spiro atoms. The standard InChI is InChI=1S/C20H17NO2/c1-23-9-10-5-6-11-12-3-2-4-13-17(12)18(14(11)7-10)15-8-16(15)19(13)20(21)22/h2-7,15-16H,8-9H2,1H3,(H2,21,22). The predicted octanol–water partition coefficient (Wildman–Crippen LogP) is 1.30. The number of ether oxygens (including phenoxy) is 1. The summed E-state index contributed by atoms with van der Waals surface area (Å²) in [4.78, 5) is 12.0. The molecule has 3 aliphatic rings. The maximum Gasteiger partial charge on any atom is 0.245 e. The van der Waals surface area contributed by atoms with Crippen molar-refractivity contribution in [2.45, 2.75) is 13.0 Å². The summed E-state index contributed by atoms with van der Waals surface area (Å²) in [5.74, 6) is 0.494. The van der Waals surface area contributed by atoms with E-state index in [9.17, 15) is 4.79 Å². The van der Waals surface area contributed by atoms with Crippen LogP contribution in [0.2, 0.25) is 0 Å². The molecule has 5 rings (SSSR count). The van der Waals surface area contributed by atoms with Crippen LogP contribution in [0.25, 0.3) is 22.3 Å². The highest BCUT2D eigenvalue weighted by Crippen LogP contribution is 2.55. The molecule has 114 valence electrons. The minimum Gasteiger partial charge on any atom is -0.380 e. The fraction of sp³-hybridized carbons (Fsp3) is 0.250. The second kappa shape index (κ2) is 4.33. The molecule has 2 unspecified atom stereocenters. The first-order chi connectivity index (χ1) is 11.2. The summed E-state index contributed by atoms with van der Waals surface area (Å²) in [6, 6.07) is 12.8. The van der Waals surface area contributed by atoms with Crippen molar-refractivity contribution in [1.82, 2.24) is 0 Å². The van der Waals surface area contributed by atoms with E-state index in [0.717, 1.165) is 17.2 Å². The zero-order chi connectivity index (χ0) is 15.7. The van der Waals surface area contributed by atoms with Gasteiger partial charge in [-0.2, -0.15) is 0 Å². The lowest BCUT2D eigenvalue weighted by atomic mass is 9.92. The van der Waals surface area contributed by atoms with Crippen LogP contribution in [0.4, 0.5) is 0 Å². The lowest BCUT2D eigenvalue weighted by Gasteiger charge is -2.12. The smallest absolute Gasteiger partial charge is 0.245 e. The van der Waals surface area contributed by atoms with Gasteiger partial charge in [-0.15, -0.1) is 0 Å². The van der Waals surface area contributed by atoms with Crippen molar-refractivity contribution in [3.8, 4) is 11.1 Å². The van der Waals surface area contributed by atoms with E-state index in [2.05, 4.69) is 30.3 Å². The SMILES string of the molecule is COCc1ccc2c(c1)C1=c3c-2cccc3=C(C(N)=O)C2CC12. The Morgan fingerprint density at radius 3 is 2.83 bits per heavy atom. The molecule has 2 N–H and O–H groups in total. The van der Waals surface area contributed by atoms with Gasteiger partial charge in [-0.25, -0.2) is 0 Å². The normalized spacial score (nSPS) is 22.5. The summed E-state index contributed by atoms with van der Waals surface area (Å²) in [6.45, 7) is 0.622. The van der Waals surface area contributed by atoms with Gasteiger partial charge < -0.3 is 10.5 Å². The largest absolute Gasteiger partial charge is 0.380 e. The monoisotopic (exact) mass is 303 g/mol. The molecule has 23 heavy (non-hydrogen) atoms. The third kappa shape index (κ3) is 1.60. The third-order valence-electron chi connectivity index (χ3n) is 5.40. The number of methoxy groups -OCH3 is 1. The summed E-state index contributed by atoms with van der Waals surface area (Å²) < 4.78 is 5.28. The Morgan fingerprint density at radius 2 is 2.04 bits per heavy atom. The Labute approximate surface area is 134 Å². The first-order valence-corrected chi connectivity index (χ1v) is 8.00. The van der Waals surface area contributed by atoms with Crippen molar-refractivity contribution < 1.29 is 9.53 Å². The summed E-state index contributed by atoms with van der Waals surface area (Å²) >= 11 is 0. The second-order valence-corrected chi connectivity index (χ2v) is 6.68. The Hall–Kier alpha value is -2.39. The molecule has 1 amide bonds. The van der Waals surface area contributed by atoms with E-state index in [4.69, 9.17) is 10.5 Å². The third-order valence-corrected chi connectivity index (χ3v) is 5.40. The van der Waals surface area contributed by atoms with Crippen LogP contribution >= 0.6 is 0 Å². The highest BCUT2D eigenvalue weighted by atomic mass is 16.5. The molecular weight excluding hydrogens is 286 g/mol. The van der Waals surface area contributed by atoms with Gasteiger partial charge in [0.1, 0.15) is 0 Å². The number of hydrogen-bond donors (Lipinski definition) is 1. The first-order valence-electron chi connectivity index (χ1n) is 8.00. The number of carbonyl (C=O) groups is 1. The number of fused-ring (bicyclic) bond motifs is 5. The van der Waals surface area contributed by atoms with Crippen LogP contribution in [0.15, 0.2) is 36.4 Å². The number of hydrogen-bond acceptors (Lipinski definition) is 2. The Bertz CT molecular complexity index is 1000. The van der Waals surface area contributed by atoms with Gasteiger partial charge in [0.15, 0.2) is 0 Å². The van der Waals surface area contributed by atoms with Gasteiger partial charge in [0.25, 0.3) is 0 Å². The van der Waals surface area contributed by atoms with Gasteiger partial charge >= 0.3 is 0 Å². The topological polar surface area (TPSA) is 52.3 Å². The molecule has 0 aromatic heterocycles. The van der Waals surface area contributed by atoms with Crippen molar-refractivity contribution in [2.75, 3.05) is 7.11 Å². The Balaban J connectivity index is 1.89. The number of benzene rings is 2. The summed E-state index contributed by atoms with van der Waals surface area (Å²) in [5, 5.41) is 2.29. The van der Waals surface area contributed by atoms with E-state index in [1.807, 2.05) is 6.07 Å². The number of rotatable bonds is 3. The molecule has 0 heterocycles. The van der Waals surface area contributed by atoms with Crippen LogP contribution in [-0.4, -0.2) is 13.0 Å². The lowest BCUT2D eigenvalue weighted by Crippen LogP contribution is -2.37. The fourth-order valence-electron chi connectivity index (χ4n) is 4.47. The van der Waals surface area contributed by atoms with Crippen LogP contribution in [0, 0.1) is 11.8 Å². The highest BCUT2D eigenvalue weighted by Gasteiger charge is 2.49. The minimum atomic E-state index is -0.263. The summed E-state index contributed by atoms with van der Waals surface area (Å²) in [6.07, 6.45) is 1.04. The Kier molecular flexibility index (Phi) is 2.46. The van der Waals surface area contributed by atoms with Gasteiger partial charge in [0.2, 0.25) is 5.91 Å². The van der Waals surface area contributed by atoms with Crippen molar-refractivity contribution in [3.05, 3.63) is 58.0 Å². The molecule has 0 radical (unpaired) electrons. The van der Waals surface area contributed by atoms with Crippen molar-refractivity contribution in [3.63, 3.8) is 0 Å². The molecule has 0 bridgehead atoms. The summed E-state index contributed by atoms with van der Waals surface area (Å²) in [7, 11) is 1.72. The molecule has 1 saturated carbocycles. The molecule has 1 fully saturated rings. The number of carbonyl (C=O) groups excluding carboxylic acids is 1. The van der Waals surface area contributed by atoms with Crippen LogP contribution in [0.5, 0.6) is 0 Å². The van der Waals surface area contributed by atoms with E-state index in [1.54, 1.807) is 7.11 Å². The van der Waals surface area contributed by atoms with Gasteiger partial charge in [-0.05, 0) is 62.6 Å². The zero-order valence-electron chi connectivity index (χ0n) is 12.9. The molecule has 0 aliphatic heterocycles. The lowest BCUT2D eigenvalue weighted by molar-refractivity contribution is -0.113. The van der Waals surface area contributed by atoms with Crippen LogP contribution in [-0.2, 0) is 16.1 Å². The molecule has 0 saturated heterocycles. The number of primary amides is 1. The molecule has 3 aliphatic carbocycles. The molecule has 2 aromatic rings. The number of amides is 1. The molecule has 3 nitrogen and oxygen atoms in total. The molecule has 2 aromatic carbocycles. The zero-order valence-corrected chi connectivity index (χ0v) is 12.9. The van der Waals surface area contributed by atoms with Crippen LogP contribution < -0.4 is 16.2 Å². The van der Waals surface area contributed by atoms with Gasteiger partial charge in [-0.3, -0.25) is 4.79 Å². The van der Waals surface area contributed by atoms with E-state index in [-0.39, 0.29) is 5.91 Å². The fourth-order valence-corrected chi connectivity index (χ4v) is 4.47. The summed E-state index contributed by atoms with van der Waals surface area (Å²) in [5.41, 5.74) is 12.9. The molecule has 2 atom stereocenters. The highest BCUT2D eigenvalue weighted by molar-refractivity contribution is 6.15. The molecule has 3 heteroatoms. The van der Waals surface area contributed by atoms with E-state index >= 15 is 0 Å². The van der Waals surface area contributed by atoms with Gasteiger partial charge in [0.05, 0.1) is 6.61 Å². The van der Waals surface area contributed by atoms with E-state index in [0.29, 0.717) is 18.4 Å². The maximum atomic E-state index is 12.0. The number of nitrogens with two attached hydrogens (primary N) is 1. The van der Waals surface area contributed by atoms with E-state index < -0.39 is 0 Å². The average molecular weight is 303 g/mol.